The van der Waals surface area contributed by atoms with E-state index >= 15 is 0 Å². The molecule has 0 spiro atoms. The van der Waals surface area contributed by atoms with Crippen molar-refractivity contribution in [2.45, 2.75) is 19.1 Å². The Bertz CT molecular complexity index is 1160. The number of nitrogens with zero attached hydrogens (tertiary/aromatic N) is 5. The number of carbonyl (C=O) groups excluding carboxylic acids is 1. The lowest BCUT2D eigenvalue weighted by atomic mass is 10.1. The van der Waals surface area contributed by atoms with Crippen LogP contribution in [0.1, 0.15) is 33.2 Å². The summed E-state index contributed by atoms with van der Waals surface area (Å²) in [4.78, 5) is 16.4. The average Bonchev–Trinajstić information content (AvgIpc) is 3.27. The molecule has 2 aromatic carbocycles. The van der Waals surface area contributed by atoms with E-state index in [2.05, 4.69) is 11.2 Å². The first kappa shape index (κ1) is 22.6. The van der Waals surface area contributed by atoms with Gasteiger partial charge in [-0.2, -0.15) is 23.5 Å². The fourth-order valence-corrected chi connectivity index (χ4v) is 4.02. The standard InChI is InChI=1S/C24H22F3N5O/c1-17-7-9-19(10-8-17)32-22(24(25,26)27)20(16-29-32)23(33)31-13-11-30(12-14-31)21(15-28)18-5-3-2-4-6-18/h2-10,16,21H,11-14H2,1H3. The molecule has 4 rings (SSSR count). The summed E-state index contributed by atoms with van der Waals surface area (Å²) in [7, 11) is 0. The highest BCUT2D eigenvalue weighted by molar-refractivity contribution is 5.95. The maximum absolute atomic E-state index is 14.0. The van der Waals surface area contributed by atoms with Crippen LogP contribution >= 0.6 is 0 Å². The van der Waals surface area contributed by atoms with E-state index in [9.17, 15) is 23.2 Å². The third kappa shape index (κ3) is 4.61. The molecule has 1 unspecified atom stereocenters. The van der Waals surface area contributed by atoms with E-state index in [4.69, 9.17) is 0 Å². The van der Waals surface area contributed by atoms with Crippen LogP contribution in [0.2, 0.25) is 0 Å². The zero-order valence-corrected chi connectivity index (χ0v) is 18.0. The summed E-state index contributed by atoms with van der Waals surface area (Å²) in [5, 5.41) is 13.5. The van der Waals surface area contributed by atoms with Crippen molar-refractivity contribution in [1.29, 1.82) is 5.26 Å². The van der Waals surface area contributed by atoms with E-state index in [1.54, 1.807) is 12.1 Å². The molecule has 33 heavy (non-hydrogen) atoms. The van der Waals surface area contributed by atoms with Crippen LogP contribution < -0.4 is 0 Å². The van der Waals surface area contributed by atoms with Gasteiger partial charge in [0, 0.05) is 26.2 Å². The molecule has 2 heterocycles. The minimum Gasteiger partial charge on any atom is -0.336 e. The molecule has 1 fully saturated rings. The lowest BCUT2D eigenvalue weighted by molar-refractivity contribution is -0.143. The van der Waals surface area contributed by atoms with Crippen LogP contribution in [0.25, 0.3) is 5.69 Å². The summed E-state index contributed by atoms with van der Waals surface area (Å²) < 4.78 is 42.6. The number of rotatable bonds is 4. The first-order valence-corrected chi connectivity index (χ1v) is 10.5. The number of amides is 1. The fourth-order valence-electron chi connectivity index (χ4n) is 4.02. The monoisotopic (exact) mass is 453 g/mol. The number of hydrogen-bond acceptors (Lipinski definition) is 4. The second-order valence-electron chi connectivity index (χ2n) is 7.92. The predicted molar refractivity (Wildman–Crippen MR) is 116 cm³/mol. The number of piperazine rings is 1. The van der Waals surface area contributed by atoms with Crippen molar-refractivity contribution in [3.8, 4) is 11.8 Å². The number of nitriles is 1. The van der Waals surface area contributed by atoms with Gasteiger partial charge in [-0.3, -0.25) is 9.69 Å². The Morgan fingerprint density at radius 1 is 1.03 bits per heavy atom. The summed E-state index contributed by atoms with van der Waals surface area (Å²) in [6.07, 6.45) is -3.77. The van der Waals surface area contributed by atoms with Crippen molar-refractivity contribution in [3.63, 3.8) is 0 Å². The molecule has 0 N–H and O–H groups in total. The van der Waals surface area contributed by atoms with Gasteiger partial charge in [-0.15, -0.1) is 0 Å². The van der Waals surface area contributed by atoms with Crippen LogP contribution in [0.5, 0.6) is 0 Å². The van der Waals surface area contributed by atoms with Crippen molar-refractivity contribution in [1.82, 2.24) is 19.6 Å². The molecule has 170 valence electrons. The summed E-state index contributed by atoms with van der Waals surface area (Å²) in [6.45, 7) is 3.03. The Morgan fingerprint density at radius 3 is 2.24 bits per heavy atom. The third-order valence-corrected chi connectivity index (χ3v) is 5.75. The van der Waals surface area contributed by atoms with Gasteiger partial charge in [-0.05, 0) is 24.6 Å². The smallest absolute Gasteiger partial charge is 0.336 e. The summed E-state index contributed by atoms with van der Waals surface area (Å²) in [6, 6.07) is 17.6. The van der Waals surface area contributed by atoms with E-state index in [0.29, 0.717) is 13.1 Å². The average molecular weight is 453 g/mol. The maximum atomic E-state index is 14.0. The normalized spacial score (nSPS) is 15.8. The molecule has 1 aromatic heterocycles. The van der Waals surface area contributed by atoms with Crippen LogP contribution in [-0.4, -0.2) is 51.7 Å². The molecule has 9 heteroatoms. The fraction of sp³-hybridized carbons (Fsp3) is 0.292. The molecule has 0 bridgehead atoms. The predicted octanol–water partition coefficient (Wildman–Crippen LogP) is 4.22. The van der Waals surface area contributed by atoms with E-state index in [-0.39, 0.29) is 18.8 Å². The summed E-state index contributed by atoms with van der Waals surface area (Å²) in [5.74, 6) is -0.714. The van der Waals surface area contributed by atoms with Crippen LogP contribution in [0.15, 0.2) is 60.8 Å². The van der Waals surface area contributed by atoms with Gasteiger partial charge >= 0.3 is 6.18 Å². The Kier molecular flexibility index (Phi) is 6.20. The summed E-state index contributed by atoms with van der Waals surface area (Å²) in [5.41, 5.74) is 0.421. The zero-order valence-electron chi connectivity index (χ0n) is 18.0. The Balaban J connectivity index is 1.55. The van der Waals surface area contributed by atoms with Crippen molar-refractivity contribution >= 4 is 5.91 Å². The molecule has 1 aliphatic heterocycles. The highest BCUT2D eigenvalue weighted by atomic mass is 19.4. The Hall–Kier alpha value is -3.64. The molecule has 6 nitrogen and oxygen atoms in total. The van der Waals surface area contributed by atoms with E-state index in [0.717, 1.165) is 22.0 Å². The van der Waals surface area contributed by atoms with E-state index < -0.39 is 29.4 Å². The highest BCUT2D eigenvalue weighted by Crippen LogP contribution is 2.34. The highest BCUT2D eigenvalue weighted by Gasteiger charge is 2.42. The van der Waals surface area contributed by atoms with Crippen LogP contribution in [0, 0.1) is 18.3 Å². The molecule has 1 atom stereocenters. The Labute approximate surface area is 189 Å². The number of hydrogen-bond donors (Lipinski definition) is 0. The lowest BCUT2D eigenvalue weighted by Gasteiger charge is -2.37. The van der Waals surface area contributed by atoms with E-state index in [1.807, 2.05) is 42.2 Å². The van der Waals surface area contributed by atoms with Gasteiger partial charge in [-0.25, -0.2) is 4.68 Å². The largest absolute Gasteiger partial charge is 0.434 e. The van der Waals surface area contributed by atoms with Gasteiger partial charge in [-0.1, -0.05) is 48.0 Å². The molecule has 0 saturated carbocycles. The lowest BCUT2D eigenvalue weighted by Crippen LogP contribution is -2.49. The van der Waals surface area contributed by atoms with Gasteiger partial charge < -0.3 is 4.90 Å². The minimum absolute atomic E-state index is 0.219. The number of alkyl halides is 3. The minimum atomic E-state index is -4.76. The van der Waals surface area contributed by atoms with E-state index in [1.165, 1.54) is 17.0 Å². The number of aromatic nitrogens is 2. The van der Waals surface area contributed by atoms with Gasteiger partial charge in [0.05, 0.1) is 23.5 Å². The van der Waals surface area contributed by atoms with Crippen molar-refractivity contribution in [2.75, 3.05) is 26.2 Å². The topological polar surface area (TPSA) is 65.2 Å². The van der Waals surface area contributed by atoms with Gasteiger partial charge in [0.2, 0.25) is 0 Å². The first-order chi connectivity index (χ1) is 15.8. The third-order valence-electron chi connectivity index (χ3n) is 5.75. The van der Waals surface area contributed by atoms with Crippen LogP contribution in [0.4, 0.5) is 13.2 Å². The SMILES string of the molecule is Cc1ccc(-n2ncc(C(=O)N3CCN(C(C#N)c4ccccc4)CC3)c2C(F)(F)F)cc1. The van der Waals surface area contributed by atoms with Crippen molar-refractivity contribution in [2.24, 2.45) is 0 Å². The van der Waals surface area contributed by atoms with Gasteiger partial charge in [0.15, 0.2) is 5.69 Å². The zero-order chi connectivity index (χ0) is 23.6. The first-order valence-electron chi connectivity index (χ1n) is 10.5. The molecule has 1 saturated heterocycles. The Morgan fingerprint density at radius 2 is 1.67 bits per heavy atom. The van der Waals surface area contributed by atoms with Crippen molar-refractivity contribution < 1.29 is 18.0 Å². The van der Waals surface area contributed by atoms with Crippen molar-refractivity contribution in [3.05, 3.63) is 83.2 Å². The maximum Gasteiger partial charge on any atom is 0.434 e. The molecule has 3 aromatic rings. The second-order valence-corrected chi connectivity index (χ2v) is 7.92. The van der Waals surface area contributed by atoms with Crippen LogP contribution in [-0.2, 0) is 6.18 Å². The molecule has 0 aliphatic carbocycles. The number of benzene rings is 2. The number of halogens is 3. The molecule has 0 radical (unpaired) electrons. The number of aryl methyl sites for hydroxylation is 1. The molecular weight excluding hydrogens is 431 g/mol. The summed E-state index contributed by atoms with van der Waals surface area (Å²) >= 11 is 0. The van der Waals surface area contributed by atoms with Crippen LogP contribution in [0.3, 0.4) is 0 Å². The van der Waals surface area contributed by atoms with Gasteiger partial charge in [0.25, 0.3) is 5.91 Å². The van der Waals surface area contributed by atoms with Gasteiger partial charge in [0.1, 0.15) is 6.04 Å². The molecular formula is C24H22F3N5O. The molecule has 1 amide bonds. The molecule has 1 aliphatic rings. The second kappa shape index (κ2) is 9.08. The number of carbonyl (C=O) groups is 1. The quantitative estimate of drug-likeness (QED) is 0.593.